The Hall–Kier alpha value is -5.64. The van der Waals surface area contributed by atoms with Crippen LogP contribution in [-0.2, 0) is 42.7 Å². The molecule has 0 amide bonds. The van der Waals surface area contributed by atoms with E-state index in [0.29, 0.717) is 11.5 Å². The number of hydrogen-bond acceptors (Lipinski definition) is 4. The zero-order chi connectivity index (χ0) is 43.8. The van der Waals surface area contributed by atoms with Gasteiger partial charge >= 0.3 is 21.1 Å². The van der Waals surface area contributed by atoms with Gasteiger partial charge in [-0.3, -0.25) is 0 Å². The second-order valence-electron chi connectivity index (χ2n) is 20.4. The van der Waals surface area contributed by atoms with Gasteiger partial charge in [-0.2, -0.15) is 6.07 Å². The number of para-hydroxylation sites is 1. The van der Waals surface area contributed by atoms with Gasteiger partial charge in [-0.05, 0) is 86.3 Å². The average molecular weight is 1020 g/mol. The molecule has 3 heterocycles. The summed E-state index contributed by atoms with van der Waals surface area (Å²) < 4.78 is 9.09. The van der Waals surface area contributed by atoms with E-state index in [0.717, 1.165) is 55.9 Å². The maximum atomic E-state index is 6.88. The normalized spacial score (nSPS) is 13.2. The van der Waals surface area contributed by atoms with Gasteiger partial charge in [0.05, 0.1) is 0 Å². The minimum absolute atomic E-state index is 0. The number of aromatic nitrogens is 2. The summed E-state index contributed by atoms with van der Waals surface area (Å²) in [5, 5.41) is 2.24. The molecule has 0 fully saturated rings. The zero-order valence-corrected chi connectivity index (χ0v) is 41.6. The van der Waals surface area contributed by atoms with Crippen molar-refractivity contribution in [2.45, 2.75) is 97.8 Å². The average Bonchev–Trinajstić information content (AvgIpc) is 3.79. The Balaban J connectivity index is 0.00000306. The molecule has 1 aliphatic rings. The third-order valence-electron chi connectivity index (χ3n) is 12.5. The van der Waals surface area contributed by atoms with Crippen LogP contribution in [0.15, 0.2) is 140 Å². The smallest absolute Gasteiger partial charge is 0.509 e. The molecule has 0 saturated carbocycles. The van der Waals surface area contributed by atoms with Crippen molar-refractivity contribution in [1.82, 2.24) is 9.55 Å². The fourth-order valence-corrected chi connectivity index (χ4v) is 8.53. The molecule has 0 aliphatic carbocycles. The number of anilines is 4. The van der Waals surface area contributed by atoms with E-state index in [9.17, 15) is 0 Å². The minimum atomic E-state index is -0.229. The van der Waals surface area contributed by atoms with Crippen LogP contribution < -0.4 is 14.5 Å². The first-order valence-electron chi connectivity index (χ1n) is 21.8. The number of hydrogen-bond donors (Lipinski definition) is 0. The Bertz CT molecular complexity index is 2960. The molecule has 0 saturated heterocycles. The monoisotopic (exact) mass is 1020 g/mol. The van der Waals surface area contributed by atoms with E-state index < -0.39 is 0 Å². The van der Waals surface area contributed by atoms with Crippen LogP contribution in [0.5, 0.6) is 11.5 Å². The molecule has 0 N–H and O–H groups in total. The maximum absolute atomic E-state index is 6.88. The molecule has 0 spiro atoms. The van der Waals surface area contributed by atoms with E-state index in [4.69, 9.17) is 9.72 Å². The van der Waals surface area contributed by atoms with Gasteiger partial charge in [-0.15, -0.1) is 53.6 Å². The van der Waals surface area contributed by atoms with Crippen molar-refractivity contribution in [1.29, 1.82) is 0 Å². The topological polar surface area (TPSA) is 33.5 Å². The summed E-state index contributed by atoms with van der Waals surface area (Å²) in [6.07, 6.45) is 1.91. The molecule has 0 atom stereocenters. The Kier molecular flexibility index (Phi) is 12.4. The number of nitrogens with zero attached hydrogens (tertiary/aromatic N) is 4. The van der Waals surface area contributed by atoms with E-state index in [2.05, 4.69) is 237 Å². The Morgan fingerprint density at radius 1 is 0.516 bits per heavy atom. The molecule has 8 aromatic rings. The van der Waals surface area contributed by atoms with Gasteiger partial charge in [0.2, 0.25) is 0 Å². The van der Waals surface area contributed by atoms with Crippen molar-refractivity contribution in [3.63, 3.8) is 0 Å². The molecule has 0 bridgehead atoms. The summed E-state index contributed by atoms with van der Waals surface area (Å²) >= 11 is 0. The van der Waals surface area contributed by atoms with E-state index >= 15 is 0 Å². The summed E-state index contributed by atoms with van der Waals surface area (Å²) in [4.78, 5) is 9.48. The summed E-state index contributed by atoms with van der Waals surface area (Å²) in [5.74, 6) is 2.10. The van der Waals surface area contributed by atoms with Crippen molar-refractivity contribution in [3.8, 4) is 17.3 Å². The molecule has 2 aromatic heterocycles. The molecule has 328 valence electrons. The second-order valence-corrected chi connectivity index (χ2v) is 20.4. The van der Waals surface area contributed by atoms with Crippen LogP contribution in [-0.4, -0.2) is 9.55 Å². The van der Waals surface area contributed by atoms with Crippen LogP contribution >= 0.6 is 0 Å². The van der Waals surface area contributed by atoms with Crippen LogP contribution in [0, 0.1) is 26.2 Å². The fraction of sp³-hybridized carbons (Fsp3) is 0.259. The first-order chi connectivity index (χ1) is 29.4. The summed E-state index contributed by atoms with van der Waals surface area (Å²) in [5.41, 5.74) is 11.9. The standard InChI is InChI=1S/C57H57N4O.CH3.Pt/c1-54(2,3)39-20-17-21-43(30-39)59-37-60(52-33-41(24-27-50(52)59)57(10,11)38-18-13-12-14-19-38)44-31-42(56(7,8)9)32-46(35-44)62-45-25-26-48-47-22-15-16-23-49(47)61(51(48)36-45)53-34-40(28-29-58-53)55(4,5)6;;/h12-34,37H,1-11H3;1H3;/q-3;-1;+4. The molecule has 6 aromatic carbocycles. The van der Waals surface area contributed by atoms with Crippen LogP contribution in [0.1, 0.15) is 104 Å². The maximum Gasteiger partial charge on any atom is 4.00 e. The number of pyridine rings is 1. The third-order valence-corrected chi connectivity index (χ3v) is 12.5. The second kappa shape index (κ2) is 17.1. The first-order valence-corrected chi connectivity index (χ1v) is 21.8. The molecule has 0 radical (unpaired) electrons. The molecular formula is C58H60N4OPt. The largest absolute Gasteiger partial charge is 4.00 e. The Labute approximate surface area is 396 Å². The van der Waals surface area contributed by atoms with Gasteiger partial charge in [0, 0.05) is 45.7 Å². The van der Waals surface area contributed by atoms with Crippen molar-refractivity contribution in [2.75, 3.05) is 9.80 Å². The Morgan fingerprint density at radius 3 is 1.91 bits per heavy atom. The number of benzene rings is 6. The van der Waals surface area contributed by atoms with Gasteiger partial charge < -0.3 is 26.5 Å². The summed E-state index contributed by atoms with van der Waals surface area (Å²) in [6.45, 7) is 27.1. The number of fused-ring (bicyclic) bond motifs is 4. The van der Waals surface area contributed by atoms with E-state index in [1.54, 1.807) is 0 Å². The first kappa shape index (κ1) is 46.4. The van der Waals surface area contributed by atoms with E-state index in [1.807, 2.05) is 12.3 Å². The fourth-order valence-electron chi connectivity index (χ4n) is 8.53. The quantitative estimate of drug-likeness (QED) is 0.149. The third kappa shape index (κ3) is 8.64. The summed E-state index contributed by atoms with van der Waals surface area (Å²) in [6, 6.07) is 55.4. The molecule has 1 aliphatic heterocycles. The van der Waals surface area contributed by atoms with Gasteiger partial charge in [-0.1, -0.05) is 148 Å². The van der Waals surface area contributed by atoms with Crippen LogP contribution in [0.25, 0.3) is 27.6 Å². The Morgan fingerprint density at radius 2 is 1.19 bits per heavy atom. The van der Waals surface area contributed by atoms with Crippen molar-refractivity contribution in [2.24, 2.45) is 0 Å². The van der Waals surface area contributed by atoms with Crippen LogP contribution in [0.2, 0.25) is 0 Å². The zero-order valence-electron chi connectivity index (χ0n) is 39.4. The van der Waals surface area contributed by atoms with Crippen molar-refractivity contribution >= 4 is 44.6 Å². The van der Waals surface area contributed by atoms with Gasteiger partial charge in [0.25, 0.3) is 0 Å². The van der Waals surface area contributed by atoms with Gasteiger partial charge in [-0.25, -0.2) is 4.98 Å². The van der Waals surface area contributed by atoms with Crippen LogP contribution in [0.4, 0.5) is 22.7 Å². The minimum Gasteiger partial charge on any atom is -0.509 e. The van der Waals surface area contributed by atoms with Crippen LogP contribution in [0.3, 0.4) is 0 Å². The molecule has 5 nitrogen and oxygen atoms in total. The van der Waals surface area contributed by atoms with E-state index in [1.165, 1.54) is 22.3 Å². The SMILES string of the molecule is CC(C)(C)c1cc(Oc2[c-]c3c(cc2)c2ccccc2n3-c2cc(C(C)(C)C)ccn2)[c-]c(N2[CH-]N(c3cccc(C(C)(C)C)c3)c3ccc(C(C)(C)c4ccccc4)cc32)c1.[CH3-].[Pt+4]. The number of ether oxygens (including phenoxy) is 1. The molecular weight excluding hydrogens is 964 g/mol. The molecule has 0 unspecified atom stereocenters. The summed E-state index contributed by atoms with van der Waals surface area (Å²) in [7, 11) is 0. The van der Waals surface area contributed by atoms with Gasteiger partial charge in [0.1, 0.15) is 5.82 Å². The molecule has 64 heavy (non-hydrogen) atoms. The molecule has 9 rings (SSSR count). The van der Waals surface area contributed by atoms with Crippen molar-refractivity contribution < 1.29 is 25.8 Å². The molecule has 6 heteroatoms. The van der Waals surface area contributed by atoms with E-state index in [-0.39, 0.29) is 50.2 Å². The van der Waals surface area contributed by atoms with Crippen molar-refractivity contribution in [3.05, 3.63) is 194 Å². The predicted octanol–water partition coefficient (Wildman–Crippen LogP) is 15.6. The number of rotatable bonds is 7. The van der Waals surface area contributed by atoms with Gasteiger partial charge in [0.15, 0.2) is 0 Å². The predicted molar refractivity (Wildman–Crippen MR) is 265 cm³/mol.